The van der Waals surface area contributed by atoms with Crippen molar-refractivity contribution in [2.45, 2.75) is 65.6 Å². The molecule has 2 rings (SSSR count). The van der Waals surface area contributed by atoms with Crippen molar-refractivity contribution in [1.29, 1.82) is 0 Å². The van der Waals surface area contributed by atoms with Crippen LogP contribution in [0.3, 0.4) is 0 Å². The van der Waals surface area contributed by atoms with Crippen LogP contribution in [-0.4, -0.2) is 29.4 Å². The van der Waals surface area contributed by atoms with Crippen molar-refractivity contribution >= 4 is 29.8 Å². The van der Waals surface area contributed by atoms with Gasteiger partial charge in [-0.15, -0.1) is 23.7 Å². The smallest absolute Gasteiger partial charge is 0.343 e. The lowest BCUT2D eigenvalue weighted by atomic mass is 10.1. The fourth-order valence-corrected chi connectivity index (χ4v) is 3.21. The number of aryl methyl sites for hydroxylation is 1. The molecule has 2 heterocycles. The molecule has 1 saturated heterocycles. The van der Waals surface area contributed by atoms with Crippen molar-refractivity contribution in [2.24, 2.45) is 10.9 Å². The van der Waals surface area contributed by atoms with Crippen LogP contribution in [0.4, 0.5) is 4.79 Å². The Hall–Kier alpha value is -0.850. The highest BCUT2D eigenvalue weighted by Gasteiger charge is 2.16. The summed E-state index contributed by atoms with van der Waals surface area (Å²) in [5, 5.41) is 2.92. The van der Waals surface area contributed by atoms with Crippen LogP contribution < -0.4 is 10.1 Å². The van der Waals surface area contributed by atoms with Crippen molar-refractivity contribution < 1.29 is 9.53 Å². The predicted molar refractivity (Wildman–Crippen MR) is 96.3 cm³/mol. The van der Waals surface area contributed by atoms with Gasteiger partial charge in [-0.1, -0.05) is 13.8 Å². The molecule has 1 aliphatic rings. The highest BCUT2D eigenvalue weighted by Crippen LogP contribution is 2.14. The molecule has 1 aliphatic heterocycles. The second kappa shape index (κ2) is 9.45. The number of amides is 2. The molecule has 7 heteroatoms. The number of nitrogens with zero attached hydrogens (tertiary/aromatic N) is 2. The number of thiazole rings is 1. The minimum atomic E-state index is -0.263. The van der Waals surface area contributed by atoms with Crippen molar-refractivity contribution in [3.05, 3.63) is 15.9 Å². The predicted octanol–water partition coefficient (Wildman–Crippen LogP) is 3.50. The molecule has 2 amide bonds. The van der Waals surface area contributed by atoms with Crippen molar-refractivity contribution in [1.82, 2.24) is 9.88 Å². The number of carbonyl (C=O) groups excluding carboxylic acids is 1. The van der Waals surface area contributed by atoms with E-state index in [4.69, 9.17) is 4.74 Å². The van der Waals surface area contributed by atoms with Gasteiger partial charge in [0, 0.05) is 23.7 Å². The van der Waals surface area contributed by atoms with Crippen LogP contribution in [-0.2, 0) is 11.3 Å². The lowest BCUT2D eigenvalue weighted by Crippen LogP contribution is -2.36. The fraction of sp³-hybridized carbons (Fsp3) is 0.750. The summed E-state index contributed by atoms with van der Waals surface area (Å²) in [7, 11) is 0. The van der Waals surface area contributed by atoms with Gasteiger partial charge in [0.1, 0.15) is 0 Å². The number of hydrogen-bond acceptors (Lipinski definition) is 3. The summed E-state index contributed by atoms with van der Waals surface area (Å²) in [5.74, 6) is 0.395. The van der Waals surface area contributed by atoms with Crippen molar-refractivity contribution in [2.75, 3.05) is 6.61 Å². The molecule has 0 saturated carbocycles. The summed E-state index contributed by atoms with van der Waals surface area (Å²) in [4.78, 5) is 18.2. The maximum atomic E-state index is 12.1. The first kappa shape index (κ1) is 20.2. The Labute approximate surface area is 148 Å². The fourth-order valence-electron chi connectivity index (χ4n) is 2.37. The Morgan fingerprint density at radius 3 is 2.83 bits per heavy atom. The molecule has 2 unspecified atom stereocenters. The maximum absolute atomic E-state index is 12.1. The highest BCUT2D eigenvalue weighted by atomic mass is 35.5. The third kappa shape index (κ3) is 6.28. The van der Waals surface area contributed by atoms with E-state index in [0.29, 0.717) is 5.92 Å². The Balaban J connectivity index is 0.00000264. The van der Waals surface area contributed by atoms with Gasteiger partial charge in [-0.3, -0.25) is 0 Å². The van der Waals surface area contributed by atoms with Gasteiger partial charge >= 0.3 is 6.03 Å². The van der Waals surface area contributed by atoms with Crippen LogP contribution in [0.1, 0.15) is 44.9 Å². The normalized spacial score (nSPS) is 20.2. The molecule has 0 bridgehead atoms. The lowest BCUT2D eigenvalue weighted by molar-refractivity contribution is 0.00556. The molecule has 23 heavy (non-hydrogen) atoms. The second-order valence-corrected chi connectivity index (χ2v) is 7.57. The number of carbonyl (C=O) groups is 1. The van der Waals surface area contributed by atoms with Crippen LogP contribution in [0.15, 0.2) is 11.2 Å². The zero-order chi connectivity index (χ0) is 16.1. The third-order valence-corrected chi connectivity index (χ3v) is 4.99. The zero-order valence-corrected chi connectivity index (χ0v) is 16.0. The minimum Gasteiger partial charge on any atom is -0.376 e. The van der Waals surface area contributed by atoms with Crippen LogP contribution in [0, 0.1) is 12.8 Å². The average Bonchev–Trinajstić information content (AvgIpc) is 2.79. The Kier molecular flexibility index (Phi) is 8.29. The number of aromatic nitrogens is 1. The van der Waals surface area contributed by atoms with E-state index in [9.17, 15) is 4.79 Å². The monoisotopic (exact) mass is 361 g/mol. The van der Waals surface area contributed by atoms with Gasteiger partial charge in [-0.05, 0) is 39.0 Å². The summed E-state index contributed by atoms with van der Waals surface area (Å²) in [6, 6.07) is -0.145. The second-order valence-electron chi connectivity index (χ2n) is 6.36. The Bertz CT molecular complexity index is 562. The van der Waals surface area contributed by atoms with E-state index in [-0.39, 0.29) is 30.6 Å². The maximum Gasteiger partial charge on any atom is 0.343 e. The minimum absolute atomic E-state index is 0. The number of halogens is 1. The first-order valence-electron chi connectivity index (χ1n) is 8.09. The van der Waals surface area contributed by atoms with E-state index in [0.717, 1.165) is 35.7 Å². The van der Waals surface area contributed by atoms with Crippen LogP contribution in [0.2, 0.25) is 0 Å². The molecule has 2 atom stereocenters. The number of hydrogen-bond donors (Lipinski definition) is 1. The molecule has 1 aromatic rings. The average molecular weight is 362 g/mol. The van der Waals surface area contributed by atoms with Crippen LogP contribution >= 0.6 is 23.7 Å². The number of urea groups is 1. The number of nitrogens with one attached hydrogen (secondary N) is 1. The van der Waals surface area contributed by atoms with Gasteiger partial charge in [-0.2, -0.15) is 4.99 Å². The number of ether oxygens (including phenoxy) is 1. The summed E-state index contributed by atoms with van der Waals surface area (Å²) in [6.07, 6.45) is 5.74. The van der Waals surface area contributed by atoms with E-state index < -0.39 is 0 Å². The highest BCUT2D eigenvalue weighted by molar-refractivity contribution is 7.09. The summed E-state index contributed by atoms with van der Waals surface area (Å²) >= 11 is 1.55. The molecule has 0 aliphatic carbocycles. The summed E-state index contributed by atoms with van der Waals surface area (Å²) in [6.45, 7) is 9.82. The Morgan fingerprint density at radius 2 is 2.22 bits per heavy atom. The first-order chi connectivity index (χ1) is 10.5. The number of rotatable bonds is 4. The van der Waals surface area contributed by atoms with E-state index in [2.05, 4.69) is 34.9 Å². The first-order valence-corrected chi connectivity index (χ1v) is 8.91. The van der Waals surface area contributed by atoms with Gasteiger partial charge in [0.2, 0.25) is 0 Å². The molecular formula is C16H28ClN3O2S. The summed E-state index contributed by atoms with van der Waals surface area (Å²) < 4.78 is 7.84. The SMILES string of the molecule is Cc1cn(CC2CCCCO2)c(=NC(=O)NC(C)C(C)C)s1.Cl. The van der Waals surface area contributed by atoms with E-state index in [1.165, 1.54) is 6.42 Å². The van der Waals surface area contributed by atoms with E-state index in [1.807, 2.05) is 13.8 Å². The van der Waals surface area contributed by atoms with Gasteiger partial charge < -0.3 is 14.6 Å². The van der Waals surface area contributed by atoms with Gasteiger partial charge in [-0.25, -0.2) is 4.79 Å². The standard InChI is InChI=1S/C16H27N3O2S.ClH/c1-11(2)13(4)17-15(20)18-16-19(9-12(3)22-16)10-14-7-5-6-8-21-14;/h9,11,13-14H,5-8,10H2,1-4H3,(H,17,20);1H. The summed E-state index contributed by atoms with van der Waals surface area (Å²) in [5.41, 5.74) is 0. The van der Waals surface area contributed by atoms with Gasteiger partial charge in [0.15, 0.2) is 4.80 Å². The molecule has 5 nitrogen and oxygen atoms in total. The molecule has 0 spiro atoms. The molecule has 0 radical (unpaired) electrons. The largest absolute Gasteiger partial charge is 0.376 e. The molecule has 0 aromatic carbocycles. The topological polar surface area (TPSA) is 55.6 Å². The molecule has 1 aromatic heterocycles. The van der Waals surface area contributed by atoms with Gasteiger partial charge in [0.05, 0.1) is 12.6 Å². The van der Waals surface area contributed by atoms with E-state index >= 15 is 0 Å². The molecule has 1 N–H and O–H groups in total. The molecule has 132 valence electrons. The quantitative estimate of drug-likeness (QED) is 0.892. The lowest BCUT2D eigenvalue weighted by Gasteiger charge is -2.22. The van der Waals surface area contributed by atoms with Crippen LogP contribution in [0.25, 0.3) is 0 Å². The van der Waals surface area contributed by atoms with Crippen molar-refractivity contribution in [3.8, 4) is 0 Å². The zero-order valence-electron chi connectivity index (χ0n) is 14.4. The Morgan fingerprint density at radius 1 is 1.48 bits per heavy atom. The molecular weight excluding hydrogens is 334 g/mol. The molecule has 1 fully saturated rings. The van der Waals surface area contributed by atoms with E-state index in [1.54, 1.807) is 11.3 Å². The van der Waals surface area contributed by atoms with Crippen LogP contribution in [0.5, 0.6) is 0 Å². The third-order valence-electron chi connectivity index (χ3n) is 4.06. The van der Waals surface area contributed by atoms with Crippen molar-refractivity contribution in [3.63, 3.8) is 0 Å². The van der Waals surface area contributed by atoms with Gasteiger partial charge in [0.25, 0.3) is 0 Å².